The number of sulfonamides is 1. The van der Waals surface area contributed by atoms with Crippen LogP contribution in [0, 0.1) is 0 Å². The van der Waals surface area contributed by atoms with Crippen LogP contribution < -0.4 is 10.4 Å². The number of hydrogen-bond acceptors (Lipinski definition) is 4. The summed E-state index contributed by atoms with van der Waals surface area (Å²) in [6.45, 7) is 0.612. The highest BCUT2D eigenvalue weighted by molar-refractivity contribution is 7.89. The zero-order valence-electron chi connectivity index (χ0n) is 12.6. The van der Waals surface area contributed by atoms with Gasteiger partial charge in [0.15, 0.2) is 0 Å². The second-order valence-corrected chi connectivity index (χ2v) is 7.32. The number of para-hydroxylation sites is 2. The predicted molar refractivity (Wildman–Crippen MR) is 91.6 cm³/mol. The van der Waals surface area contributed by atoms with Gasteiger partial charge in [-0.25, -0.2) is 22.9 Å². The van der Waals surface area contributed by atoms with Gasteiger partial charge in [-0.05, 0) is 30.7 Å². The monoisotopic (exact) mass is 366 g/mol. The van der Waals surface area contributed by atoms with Gasteiger partial charge in [-0.3, -0.25) is 4.57 Å². The minimum absolute atomic E-state index is 0.0520. The smallest absolute Gasteiger partial charge is 0.306 e. The highest BCUT2D eigenvalue weighted by Gasteiger charge is 2.14. The van der Waals surface area contributed by atoms with Crippen LogP contribution in [0.4, 0.5) is 0 Å². The molecule has 0 fully saturated rings. The fourth-order valence-electron chi connectivity index (χ4n) is 2.38. The lowest BCUT2D eigenvalue weighted by Crippen LogP contribution is -2.27. The van der Waals surface area contributed by atoms with Gasteiger partial charge in [0.2, 0.25) is 10.0 Å². The molecular weight excluding hydrogens is 352 g/mol. The van der Waals surface area contributed by atoms with Gasteiger partial charge >= 0.3 is 5.69 Å². The van der Waals surface area contributed by atoms with Crippen LogP contribution in [-0.4, -0.2) is 29.5 Å². The number of aromatic amines is 1. The SMILES string of the molecule is O=c1[nH]c2ccccc2n1CCCNS(=O)(=O)c1ccc(Cl)nc1. The van der Waals surface area contributed by atoms with E-state index in [-0.39, 0.29) is 22.3 Å². The molecule has 0 spiro atoms. The van der Waals surface area contributed by atoms with E-state index in [0.29, 0.717) is 13.0 Å². The van der Waals surface area contributed by atoms with Crippen LogP contribution in [-0.2, 0) is 16.6 Å². The number of pyridine rings is 1. The Labute approximate surface area is 143 Å². The number of aryl methyl sites for hydroxylation is 1. The lowest BCUT2D eigenvalue weighted by Gasteiger charge is -2.07. The number of imidazole rings is 1. The van der Waals surface area contributed by atoms with Crippen molar-refractivity contribution >= 4 is 32.7 Å². The van der Waals surface area contributed by atoms with E-state index in [2.05, 4.69) is 14.7 Å². The van der Waals surface area contributed by atoms with E-state index in [1.54, 1.807) is 4.57 Å². The van der Waals surface area contributed by atoms with Crippen molar-refractivity contribution in [1.29, 1.82) is 0 Å². The Kier molecular flexibility index (Phi) is 4.70. The van der Waals surface area contributed by atoms with Crippen molar-refractivity contribution in [3.8, 4) is 0 Å². The highest BCUT2D eigenvalue weighted by Crippen LogP contribution is 2.11. The van der Waals surface area contributed by atoms with Crippen LogP contribution in [0.15, 0.2) is 52.3 Å². The summed E-state index contributed by atoms with van der Waals surface area (Å²) in [5, 5.41) is 0.229. The molecule has 0 aliphatic rings. The summed E-state index contributed by atoms with van der Waals surface area (Å²) in [6, 6.07) is 10.2. The molecule has 9 heteroatoms. The summed E-state index contributed by atoms with van der Waals surface area (Å²) in [5.74, 6) is 0. The van der Waals surface area contributed by atoms with E-state index in [1.807, 2.05) is 24.3 Å². The third-order valence-electron chi connectivity index (χ3n) is 3.54. The van der Waals surface area contributed by atoms with E-state index < -0.39 is 10.0 Å². The van der Waals surface area contributed by atoms with Gasteiger partial charge in [0.05, 0.1) is 11.0 Å². The molecule has 0 saturated heterocycles. The number of hydrogen-bond donors (Lipinski definition) is 2. The Balaban J connectivity index is 1.63. The van der Waals surface area contributed by atoms with Gasteiger partial charge in [-0.15, -0.1) is 0 Å². The number of nitrogens with zero attached hydrogens (tertiary/aromatic N) is 2. The molecule has 2 aromatic heterocycles. The highest BCUT2D eigenvalue weighted by atomic mass is 35.5. The van der Waals surface area contributed by atoms with E-state index in [0.717, 1.165) is 11.0 Å². The normalized spacial score (nSPS) is 11.9. The van der Waals surface area contributed by atoms with Crippen molar-refractivity contribution in [1.82, 2.24) is 19.3 Å². The molecule has 0 bridgehead atoms. The molecule has 3 rings (SSSR count). The summed E-state index contributed by atoms with van der Waals surface area (Å²) in [7, 11) is -3.64. The average Bonchev–Trinajstić information content (AvgIpc) is 2.87. The first-order valence-corrected chi connectivity index (χ1v) is 9.12. The standard InChI is InChI=1S/C15H15ClN4O3S/c16-14-7-6-11(10-17-14)24(22,23)18-8-3-9-20-13-5-2-1-4-12(13)19-15(20)21/h1-2,4-7,10,18H,3,8-9H2,(H,19,21). The van der Waals surface area contributed by atoms with Crippen molar-refractivity contribution in [2.45, 2.75) is 17.9 Å². The van der Waals surface area contributed by atoms with Crippen LogP contribution in [0.3, 0.4) is 0 Å². The van der Waals surface area contributed by atoms with Gasteiger partial charge in [0, 0.05) is 19.3 Å². The predicted octanol–water partition coefficient (Wildman–Crippen LogP) is 1.75. The summed E-state index contributed by atoms with van der Waals surface area (Å²) < 4.78 is 28.3. The Hall–Kier alpha value is -2.16. The fraction of sp³-hybridized carbons (Fsp3) is 0.200. The number of benzene rings is 1. The van der Waals surface area contributed by atoms with E-state index in [1.165, 1.54) is 18.3 Å². The van der Waals surface area contributed by atoms with Crippen LogP contribution in [0.2, 0.25) is 5.15 Å². The van der Waals surface area contributed by atoms with Crippen molar-refractivity contribution in [3.05, 3.63) is 58.2 Å². The molecule has 0 aliphatic carbocycles. The van der Waals surface area contributed by atoms with Crippen molar-refractivity contribution in [3.63, 3.8) is 0 Å². The first kappa shape index (κ1) is 16.7. The first-order valence-electron chi connectivity index (χ1n) is 7.26. The lowest BCUT2D eigenvalue weighted by atomic mass is 10.3. The molecule has 0 saturated carbocycles. The molecule has 0 atom stereocenters. The summed E-state index contributed by atoms with van der Waals surface area (Å²) in [6.07, 6.45) is 1.68. The molecule has 7 nitrogen and oxygen atoms in total. The van der Waals surface area contributed by atoms with Crippen LogP contribution >= 0.6 is 11.6 Å². The van der Waals surface area contributed by atoms with E-state index >= 15 is 0 Å². The van der Waals surface area contributed by atoms with E-state index in [4.69, 9.17) is 11.6 Å². The topological polar surface area (TPSA) is 96.9 Å². The van der Waals surface area contributed by atoms with Crippen LogP contribution in [0.1, 0.15) is 6.42 Å². The maximum absolute atomic E-state index is 12.1. The van der Waals surface area contributed by atoms with Crippen LogP contribution in [0.5, 0.6) is 0 Å². The largest absolute Gasteiger partial charge is 0.326 e. The Morgan fingerprint density at radius 1 is 1.21 bits per heavy atom. The minimum Gasteiger partial charge on any atom is -0.306 e. The molecule has 0 radical (unpaired) electrons. The van der Waals surface area contributed by atoms with Gasteiger partial charge in [-0.2, -0.15) is 0 Å². The molecule has 3 aromatic rings. The Morgan fingerprint density at radius 2 is 2.00 bits per heavy atom. The van der Waals surface area contributed by atoms with Gasteiger partial charge in [0.25, 0.3) is 0 Å². The fourth-order valence-corrected chi connectivity index (χ4v) is 3.51. The zero-order valence-corrected chi connectivity index (χ0v) is 14.1. The second kappa shape index (κ2) is 6.76. The maximum Gasteiger partial charge on any atom is 0.326 e. The van der Waals surface area contributed by atoms with Crippen LogP contribution in [0.25, 0.3) is 11.0 Å². The first-order chi connectivity index (χ1) is 11.5. The summed E-state index contributed by atoms with van der Waals surface area (Å²) in [5.41, 5.74) is 1.35. The quantitative estimate of drug-likeness (QED) is 0.513. The van der Waals surface area contributed by atoms with E-state index in [9.17, 15) is 13.2 Å². The maximum atomic E-state index is 12.1. The number of aromatic nitrogens is 3. The summed E-state index contributed by atoms with van der Waals surface area (Å²) >= 11 is 5.65. The molecule has 0 unspecified atom stereocenters. The number of rotatable bonds is 6. The number of fused-ring (bicyclic) bond motifs is 1. The molecule has 24 heavy (non-hydrogen) atoms. The second-order valence-electron chi connectivity index (χ2n) is 5.17. The number of halogens is 1. The molecular formula is C15H15ClN4O3S. The molecule has 0 amide bonds. The molecule has 0 aliphatic heterocycles. The third-order valence-corrected chi connectivity index (χ3v) is 5.21. The number of H-pyrrole nitrogens is 1. The van der Waals surface area contributed by atoms with Gasteiger partial charge in [-0.1, -0.05) is 23.7 Å². The summed E-state index contributed by atoms with van der Waals surface area (Å²) in [4.78, 5) is 18.5. The Bertz CT molecular complexity index is 1010. The Morgan fingerprint density at radius 3 is 2.75 bits per heavy atom. The molecule has 126 valence electrons. The van der Waals surface area contributed by atoms with Crippen molar-refractivity contribution < 1.29 is 8.42 Å². The van der Waals surface area contributed by atoms with Gasteiger partial charge < -0.3 is 4.98 Å². The lowest BCUT2D eigenvalue weighted by molar-refractivity contribution is 0.569. The average molecular weight is 367 g/mol. The third kappa shape index (κ3) is 3.50. The number of nitrogens with one attached hydrogen (secondary N) is 2. The van der Waals surface area contributed by atoms with Crippen molar-refractivity contribution in [2.75, 3.05) is 6.54 Å². The molecule has 2 heterocycles. The zero-order chi connectivity index (χ0) is 17.2. The van der Waals surface area contributed by atoms with Gasteiger partial charge in [0.1, 0.15) is 10.0 Å². The van der Waals surface area contributed by atoms with Crippen molar-refractivity contribution in [2.24, 2.45) is 0 Å². The molecule has 1 aromatic carbocycles. The molecule has 2 N–H and O–H groups in total. The minimum atomic E-state index is -3.64.